The molecule has 4 aromatic rings. The quantitative estimate of drug-likeness (QED) is 0.136. The number of thioether (sulfide) groups is 1. The van der Waals surface area contributed by atoms with Gasteiger partial charge in [0.2, 0.25) is 0 Å². The molecule has 0 spiro atoms. The number of hydrogen-bond donors (Lipinski definition) is 0. The average molecular weight is 633 g/mol. The number of anilines is 3. The van der Waals surface area contributed by atoms with Gasteiger partial charge in [-0.25, -0.2) is 14.4 Å². The van der Waals surface area contributed by atoms with E-state index in [1.807, 2.05) is 53.4 Å². The molecule has 0 bridgehead atoms. The molecule has 2 fully saturated rings. The van der Waals surface area contributed by atoms with Crippen molar-refractivity contribution < 1.29 is 13.9 Å². The molecule has 228 valence electrons. The minimum atomic E-state index is -0.203. The fourth-order valence-corrected chi connectivity index (χ4v) is 6.57. The molecule has 1 aromatic heterocycles. The van der Waals surface area contributed by atoms with Crippen LogP contribution in [0.1, 0.15) is 15.9 Å². The van der Waals surface area contributed by atoms with Crippen LogP contribution in [0, 0.1) is 5.82 Å². The summed E-state index contributed by atoms with van der Waals surface area (Å²) in [5.41, 5.74) is 3.52. The minimum Gasteiger partial charge on any atom is -0.497 e. The van der Waals surface area contributed by atoms with Gasteiger partial charge in [0, 0.05) is 75.4 Å². The Morgan fingerprint density at radius 2 is 1.50 bits per heavy atom. The second-order valence-electron chi connectivity index (χ2n) is 10.7. The van der Waals surface area contributed by atoms with E-state index >= 15 is 0 Å². The van der Waals surface area contributed by atoms with Crippen molar-refractivity contribution >= 4 is 46.5 Å². The number of methoxy groups -OCH3 is 1. The van der Waals surface area contributed by atoms with Gasteiger partial charge >= 0.3 is 0 Å². The fraction of sp³-hybridized carbons (Fsp3) is 0.303. The third-order valence-corrected chi connectivity index (χ3v) is 9.14. The lowest BCUT2D eigenvalue weighted by atomic mass is 10.1. The number of hydrogen-bond acceptors (Lipinski definition) is 8. The molecule has 1 amide bonds. The first-order valence-corrected chi connectivity index (χ1v) is 16.0. The Kier molecular flexibility index (Phi) is 9.37. The SMILES string of the molecule is COc1ccc(N2CCN(C(=O)c3ccc(CSc4nc(Cl)cc(N5CCN(c6ccccc6F)CC5)n4)cc3)CC2)cc1. The first-order valence-electron chi connectivity index (χ1n) is 14.7. The minimum absolute atomic E-state index is 0.0523. The van der Waals surface area contributed by atoms with Crippen LogP contribution in [0.5, 0.6) is 5.75 Å². The van der Waals surface area contributed by atoms with Gasteiger partial charge in [0.15, 0.2) is 5.16 Å². The Morgan fingerprint density at radius 3 is 2.18 bits per heavy atom. The van der Waals surface area contributed by atoms with Crippen LogP contribution >= 0.6 is 23.4 Å². The Morgan fingerprint density at radius 1 is 0.841 bits per heavy atom. The summed E-state index contributed by atoms with van der Waals surface area (Å²) in [7, 11) is 1.66. The second kappa shape index (κ2) is 13.7. The number of para-hydroxylation sites is 1. The standard InChI is InChI=1S/C33H34ClFN6O2S/c1-43-27-12-10-26(11-13-27)38-14-20-41(21-15-38)32(42)25-8-6-24(7-9-25)23-44-33-36-30(34)22-31(37-33)40-18-16-39(17-19-40)29-5-3-2-4-28(29)35/h2-13,22H,14-21,23H2,1H3. The molecule has 0 N–H and O–H groups in total. The normalized spacial score (nSPS) is 15.4. The van der Waals surface area contributed by atoms with Crippen molar-refractivity contribution in [1.29, 1.82) is 0 Å². The van der Waals surface area contributed by atoms with Crippen molar-refractivity contribution in [2.75, 3.05) is 74.2 Å². The van der Waals surface area contributed by atoms with E-state index in [1.54, 1.807) is 19.2 Å². The fourth-order valence-electron chi connectivity index (χ4n) is 5.53. The molecule has 2 aliphatic rings. The van der Waals surface area contributed by atoms with Gasteiger partial charge < -0.3 is 24.3 Å². The molecule has 0 aliphatic carbocycles. The lowest BCUT2D eigenvalue weighted by Crippen LogP contribution is -2.48. The Labute approximate surface area is 266 Å². The first-order chi connectivity index (χ1) is 21.5. The van der Waals surface area contributed by atoms with E-state index in [0.29, 0.717) is 66.6 Å². The molecule has 3 aromatic carbocycles. The number of carbonyl (C=O) groups is 1. The van der Waals surface area contributed by atoms with E-state index in [0.717, 1.165) is 35.9 Å². The van der Waals surface area contributed by atoms with Crippen molar-refractivity contribution in [3.05, 3.63) is 101 Å². The van der Waals surface area contributed by atoms with Gasteiger partial charge in [-0.3, -0.25) is 4.79 Å². The monoisotopic (exact) mass is 632 g/mol. The van der Waals surface area contributed by atoms with Crippen LogP contribution < -0.4 is 19.4 Å². The number of rotatable bonds is 8. The zero-order chi connectivity index (χ0) is 30.5. The number of aromatic nitrogens is 2. The van der Waals surface area contributed by atoms with Crippen molar-refractivity contribution in [2.45, 2.75) is 10.9 Å². The predicted octanol–water partition coefficient (Wildman–Crippen LogP) is 5.86. The summed E-state index contributed by atoms with van der Waals surface area (Å²) < 4.78 is 19.5. The van der Waals surface area contributed by atoms with Gasteiger partial charge in [-0.1, -0.05) is 47.6 Å². The van der Waals surface area contributed by atoms with Crippen molar-refractivity contribution in [1.82, 2.24) is 14.9 Å². The highest BCUT2D eigenvalue weighted by Crippen LogP contribution is 2.27. The van der Waals surface area contributed by atoms with Gasteiger partial charge in [0.05, 0.1) is 12.8 Å². The number of benzene rings is 3. The Balaban J connectivity index is 1.00. The smallest absolute Gasteiger partial charge is 0.253 e. The molecule has 8 nitrogen and oxygen atoms in total. The van der Waals surface area contributed by atoms with Gasteiger partial charge in [0.25, 0.3) is 5.91 Å². The van der Waals surface area contributed by atoms with E-state index in [2.05, 4.69) is 31.8 Å². The molecule has 3 heterocycles. The summed E-state index contributed by atoms with van der Waals surface area (Å²) >= 11 is 7.89. The molecule has 0 unspecified atom stereocenters. The van der Waals surface area contributed by atoms with E-state index in [-0.39, 0.29) is 11.7 Å². The van der Waals surface area contributed by atoms with Crippen molar-refractivity contribution in [3.8, 4) is 5.75 Å². The number of halogens is 2. The third-order valence-electron chi connectivity index (χ3n) is 8.03. The molecule has 11 heteroatoms. The van der Waals surface area contributed by atoms with E-state index < -0.39 is 0 Å². The molecule has 6 rings (SSSR count). The average Bonchev–Trinajstić information content (AvgIpc) is 3.07. The van der Waals surface area contributed by atoms with Gasteiger partial charge in [-0.15, -0.1) is 0 Å². The third kappa shape index (κ3) is 7.03. The summed E-state index contributed by atoms with van der Waals surface area (Å²) in [6, 6.07) is 24.4. The molecule has 44 heavy (non-hydrogen) atoms. The summed E-state index contributed by atoms with van der Waals surface area (Å²) in [5, 5.41) is 0.987. The molecule has 0 radical (unpaired) electrons. The summed E-state index contributed by atoms with van der Waals surface area (Å²) in [6.45, 7) is 5.72. The van der Waals surface area contributed by atoms with Crippen LogP contribution in [0.3, 0.4) is 0 Å². The summed E-state index contributed by atoms with van der Waals surface area (Å²) in [5.74, 6) is 2.11. The van der Waals surface area contributed by atoms with E-state index in [9.17, 15) is 9.18 Å². The predicted molar refractivity (Wildman–Crippen MR) is 175 cm³/mol. The van der Waals surface area contributed by atoms with Crippen molar-refractivity contribution in [3.63, 3.8) is 0 Å². The number of amides is 1. The van der Waals surface area contributed by atoms with Crippen LogP contribution in [0.4, 0.5) is 21.6 Å². The van der Waals surface area contributed by atoms with Gasteiger partial charge in [-0.05, 0) is 54.1 Å². The number of carbonyl (C=O) groups excluding carboxylic acids is 1. The Hall–Kier alpha value is -4.02. The lowest BCUT2D eigenvalue weighted by molar-refractivity contribution is 0.0747. The van der Waals surface area contributed by atoms with Crippen LogP contribution in [0.15, 0.2) is 84.0 Å². The van der Waals surface area contributed by atoms with Gasteiger partial charge in [-0.2, -0.15) is 0 Å². The maximum atomic E-state index is 14.2. The van der Waals surface area contributed by atoms with E-state index in [4.69, 9.17) is 21.3 Å². The summed E-state index contributed by atoms with van der Waals surface area (Å²) in [6.07, 6.45) is 0. The van der Waals surface area contributed by atoms with Crippen LogP contribution in [0.25, 0.3) is 0 Å². The Bertz CT molecular complexity index is 1580. The lowest BCUT2D eigenvalue weighted by Gasteiger charge is -2.36. The topological polar surface area (TPSA) is 65.0 Å². The molecule has 2 aliphatic heterocycles. The summed E-state index contributed by atoms with van der Waals surface area (Å²) in [4.78, 5) is 30.8. The zero-order valence-corrected chi connectivity index (χ0v) is 26.1. The largest absolute Gasteiger partial charge is 0.497 e. The molecule has 0 saturated carbocycles. The maximum Gasteiger partial charge on any atom is 0.253 e. The maximum absolute atomic E-state index is 14.2. The molecule has 0 atom stereocenters. The highest BCUT2D eigenvalue weighted by Gasteiger charge is 2.23. The van der Waals surface area contributed by atoms with Crippen LogP contribution in [-0.4, -0.2) is 80.2 Å². The first kappa shape index (κ1) is 30.0. The highest BCUT2D eigenvalue weighted by molar-refractivity contribution is 7.98. The molecule has 2 saturated heterocycles. The molecular formula is C33H34ClFN6O2S. The van der Waals surface area contributed by atoms with Crippen LogP contribution in [0.2, 0.25) is 5.15 Å². The van der Waals surface area contributed by atoms with Crippen LogP contribution in [-0.2, 0) is 5.75 Å². The van der Waals surface area contributed by atoms with Gasteiger partial charge in [0.1, 0.15) is 22.5 Å². The number of ether oxygens (including phenoxy) is 1. The number of nitrogens with zero attached hydrogens (tertiary/aromatic N) is 6. The van der Waals surface area contributed by atoms with Crippen molar-refractivity contribution in [2.24, 2.45) is 0 Å². The second-order valence-corrected chi connectivity index (χ2v) is 12.0. The van der Waals surface area contributed by atoms with E-state index in [1.165, 1.54) is 17.8 Å². The highest BCUT2D eigenvalue weighted by atomic mass is 35.5. The molecular weight excluding hydrogens is 599 g/mol. The number of piperazine rings is 2. The zero-order valence-electron chi connectivity index (χ0n) is 24.5.